The Kier molecular flexibility index (Phi) is 7.90. The lowest BCUT2D eigenvalue weighted by Crippen LogP contribution is -2.44. The molecule has 29 heavy (non-hydrogen) atoms. The zero-order valence-corrected chi connectivity index (χ0v) is 17.3. The second-order valence-corrected chi connectivity index (χ2v) is 8.14. The number of nitrogens with one attached hydrogen (secondary N) is 2. The third kappa shape index (κ3) is 6.48. The summed E-state index contributed by atoms with van der Waals surface area (Å²) in [5.41, 5.74) is 1.63. The van der Waals surface area contributed by atoms with E-state index in [0.717, 1.165) is 41.4 Å². The van der Waals surface area contributed by atoms with Gasteiger partial charge in [0.1, 0.15) is 0 Å². The second kappa shape index (κ2) is 10.8. The molecule has 1 aliphatic rings. The molecule has 152 valence electrons. The van der Waals surface area contributed by atoms with Gasteiger partial charge in [-0.2, -0.15) is 0 Å². The second-order valence-electron chi connectivity index (χ2n) is 7.07. The van der Waals surface area contributed by atoms with Crippen LogP contribution < -0.4 is 10.6 Å². The van der Waals surface area contributed by atoms with Crippen LogP contribution in [0.5, 0.6) is 0 Å². The van der Waals surface area contributed by atoms with Gasteiger partial charge in [-0.3, -0.25) is 14.5 Å². The Morgan fingerprint density at radius 2 is 1.86 bits per heavy atom. The van der Waals surface area contributed by atoms with Gasteiger partial charge in [-0.25, -0.2) is 0 Å². The van der Waals surface area contributed by atoms with Gasteiger partial charge in [0.2, 0.25) is 11.8 Å². The van der Waals surface area contributed by atoms with E-state index < -0.39 is 0 Å². The van der Waals surface area contributed by atoms with Crippen LogP contribution in [0.3, 0.4) is 0 Å². The summed E-state index contributed by atoms with van der Waals surface area (Å²) in [5, 5.41) is 5.99. The molecule has 0 saturated carbocycles. The van der Waals surface area contributed by atoms with Gasteiger partial charge >= 0.3 is 0 Å². The number of benzene rings is 2. The molecule has 2 amide bonds. The summed E-state index contributed by atoms with van der Waals surface area (Å²) in [4.78, 5) is 28.3. The molecule has 1 atom stereocenters. The monoisotopic (exact) mass is 409 g/mol. The van der Waals surface area contributed by atoms with Crippen molar-refractivity contribution >= 4 is 35.0 Å². The summed E-state index contributed by atoms with van der Waals surface area (Å²) in [5.74, 6) is 0.650. The Balaban J connectivity index is 1.53. The van der Waals surface area contributed by atoms with E-state index in [0.29, 0.717) is 6.54 Å². The predicted molar refractivity (Wildman–Crippen MR) is 120 cm³/mol. The van der Waals surface area contributed by atoms with Crippen LogP contribution >= 0.6 is 11.8 Å². The number of para-hydroxylation sites is 2. The van der Waals surface area contributed by atoms with Crippen LogP contribution in [0.25, 0.3) is 0 Å². The van der Waals surface area contributed by atoms with Gasteiger partial charge in [-0.1, -0.05) is 36.4 Å². The zero-order chi connectivity index (χ0) is 20.5. The fourth-order valence-corrected chi connectivity index (χ4v) is 4.16. The molecule has 3 rings (SSSR count). The molecule has 1 fully saturated rings. The molecule has 0 aliphatic carbocycles. The topological polar surface area (TPSA) is 61.4 Å². The molecule has 0 radical (unpaired) electrons. The van der Waals surface area contributed by atoms with E-state index in [1.807, 2.05) is 60.7 Å². The first kappa shape index (κ1) is 21.1. The largest absolute Gasteiger partial charge is 0.326 e. The SMILES string of the molecule is C=CCSc1ccccc1NC(=O)CN1CCCC(C(=O)Nc2ccccc2)C1. The highest BCUT2D eigenvalue weighted by molar-refractivity contribution is 7.99. The third-order valence-corrected chi connectivity index (χ3v) is 5.87. The molecule has 2 aromatic rings. The molecular weight excluding hydrogens is 382 g/mol. The van der Waals surface area contributed by atoms with Gasteiger partial charge in [0.05, 0.1) is 18.2 Å². The van der Waals surface area contributed by atoms with Crippen molar-refractivity contribution in [3.05, 3.63) is 67.3 Å². The van der Waals surface area contributed by atoms with Crippen LogP contribution in [0.4, 0.5) is 11.4 Å². The molecule has 0 spiro atoms. The lowest BCUT2D eigenvalue weighted by Gasteiger charge is -2.31. The number of nitrogens with zero attached hydrogens (tertiary/aromatic N) is 1. The van der Waals surface area contributed by atoms with E-state index in [1.54, 1.807) is 11.8 Å². The lowest BCUT2D eigenvalue weighted by molar-refractivity contribution is -0.123. The Morgan fingerprint density at radius 1 is 1.10 bits per heavy atom. The predicted octanol–water partition coefficient (Wildman–Crippen LogP) is 4.25. The first-order chi connectivity index (χ1) is 14.2. The van der Waals surface area contributed by atoms with Crippen molar-refractivity contribution in [2.24, 2.45) is 5.92 Å². The maximum atomic E-state index is 12.6. The highest BCUT2D eigenvalue weighted by Gasteiger charge is 2.27. The number of thioether (sulfide) groups is 1. The van der Waals surface area contributed by atoms with E-state index >= 15 is 0 Å². The molecule has 1 saturated heterocycles. The van der Waals surface area contributed by atoms with Gasteiger partial charge in [0.15, 0.2) is 0 Å². The Bertz CT molecular complexity index is 841. The smallest absolute Gasteiger partial charge is 0.238 e. The van der Waals surface area contributed by atoms with E-state index in [9.17, 15) is 9.59 Å². The number of likely N-dealkylation sites (tertiary alicyclic amines) is 1. The van der Waals surface area contributed by atoms with Crippen molar-refractivity contribution in [2.45, 2.75) is 17.7 Å². The van der Waals surface area contributed by atoms with Crippen molar-refractivity contribution < 1.29 is 9.59 Å². The van der Waals surface area contributed by atoms with E-state index in [4.69, 9.17) is 0 Å². The fourth-order valence-electron chi connectivity index (χ4n) is 3.42. The van der Waals surface area contributed by atoms with Crippen molar-refractivity contribution in [1.29, 1.82) is 0 Å². The molecule has 1 unspecified atom stereocenters. The van der Waals surface area contributed by atoms with Crippen LogP contribution in [0.1, 0.15) is 12.8 Å². The Hall–Kier alpha value is -2.57. The zero-order valence-electron chi connectivity index (χ0n) is 16.5. The third-order valence-electron chi connectivity index (χ3n) is 4.80. The molecule has 5 nitrogen and oxygen atoms in total. The molecule has 0 bridgehead atoms. The molecule has 0 aromatic heterocycles. The summed E-state index contributed by atoms with van der Waals surface area (Å²) >= 11 is 1.64. The van der Waals surface area contributed by atoms with Crippen LogP contribution in [0.2, 0.25) is 0 Å². The average molecular weight is 410 g/mol. The van der Waals surface area contributed by atoms with Gasteiger partial charge in [-0.15, -0.1) is 18.3 Å². The first-order valence-corrected chi connectivity index (χ1v) is 10.8. The van der Waals surface area contributed by atoms with Gasteiger partial charge in [-0.05, 0) is 43.7 Å². The normalized spacial score (nSPS) is 16.8. The number of hydrogen-bond donors (Lipinski definition) is 2. The van der Waals surface area contributed by atoms with Gasteiger partial charge < -0.3 is 10.6 Å². The van der Waals surface area contributed by atoms with Gasteiger partial charge in [0.25, 0.3) is 0 Å². The van der Waals surface area contributed by atoms with E-state index in [-0.39, 0.29) is 24.3 Å². The molecule has 1 heterocycles. The number of carbonyl (C=O) groups excluding carboxylic acids is 2. The summed E-state index contributed by atoms with van der Waals surface area (Å²) < 4.78 is 0. The first-order valence-electron chi connectivity index (χ1n) is 9.86. The maximum absolute atomic E-state index is 12.6. The van der Waals surface area contributed by atoms with Crippen molar-refractivity contribution in [3.8, 4) is 0 Å². The van der Waals surface area contributed by atoms with Crippen LogP contribution in [0.15, 0.2) is 72.1 Å². The fraction of sp³-hybridized carbons (Fsp3) is 0.304. The Morgan fingerprint density at radius 3 is 2.66 bits per heavy atom. The van der Waals surface area contributed by atoms with Crippen molar-refractivity contribution in [2.75, 3.05) is 36.0 Å². The number of hydrogen-bond acceptors (Lipinski definition) is 4. The van der Waals surface area contributed by atoms with E-state index in [2.05, 4.69) is 22.1 Å². The molecule has 1 aliphatic heterocycles. The van der Waals surface area contributed by atoms with E-state index in [1.165, 1.54) is 0 Å². The highest BCUT2D eigenvalue weighted by Crippen LogP contribution is 2.27. The summed E-state index contributed by atoms with van der Waals surface area (Å²) in [6, 6.07) is 17.3. The number of piperidine rings is 1. The molecule has 2 N–H and O–H groups in total. The standard InChI is InChI=1S/C23H27N3O2S/c1-2-15-29-21-13-7-6-12-20(21)25-22(27)17-26-14-8-9-18(16-26)23(28)24-19-10-4-3-5-11-19/h2-7,10-13,18H,1,8-9,14-17H2,(H,24,28)(H,25,27). The average Bonchev–Trinajstić information content (AvgIpc) is 2.74. The van der Waals surface area contributed by atoms with Gasteiger partial charge in [0, 0.05) is 22.9 Å². The molecule has 6 heteroatoms. The summed E-state index contributed by atoms with van der Waals surface area (Å²) in [7, 11) is 0. The minimum Gasteiger partial charge on any atom is -0.326 e. The number of rotatable bonds is 8. The van der Waals surface area contributed by atoms with Crippen LogP contribution in [0, 0.1) is 5.92 Å². The minimum absolute atomic E-state index is 0.0208. The number of carbonyl (C=O) groups is 2. The Labute approximate surface area is 176 Å². The minimum atomic E-state index is -0.104. The quantitative estimate of drug-likeness (QED) is 0.505. The maximum Gasteiger partial charge on any atom is 0.238 e. The van der Waals surface area contributed by atoms with Crippen molar-refractivity contribution in [3.63, 3.8) is 0 Å². The van der Waals surface area contributed by atoms with Crippen molar-refractivity contribution in [1.82, 2.24) is 4.90 Å². The number of amides is 2. The molecule has 2 aromatic carbocycles. The highest BCUT2D eigenvalue weighted by atomic mass is 32.2. The van der Waals surface area contributed by atoms with Crippen LogP contribution in [-0.2, 0) is 9.59 Å². The summed E-state index contributed by atoms with van der Waals surface area (Å²) in [6.45, 7) is 5.46. The summed E-state index contributed by atoms with van der Waals surface area (Å²) in [6.07, 6.45) is 3.60. The van der Waals surface area contributed by atoms with Crippen LogP contribution in [-0.4, -0.2) is 42.1 Å². The molecular formula is C23H27N3O2S. The number of anilines is 2. The lowest BCUT2D eigenvalue weighted by atomic mass is 9.97.